The predicted molar refractivity (Wildman–Crippen MR) is 74.5 cm³/mol. The highest BCUT2D eigenvalue weighted by atomic mass is 16.5. The third-order valence-corrected chi connectivity index (χ3v) is 3.93. The first kappa shape index (κ1) is 15.2. The Kier molecular flexibility index (Phi) is 6.41. The maximum absolute atomic E-state index is 11.4. The van der Waals surface area contributed by atoms with Crippen LogP contribution in [0.3, 0.4) is 0 Å². The van der Waals surface area contributed by atoms with Crippen LogP contribution in [0.25, 0.3) is 0 Å². The molecular formula is C15H27NO2. The van der Waals surface area contributed by atoms with Crippen LogP contribution < -0.4 is 5.32 Å². The number of rotatable bonds is 6. The molecule has 0 heterocycles. The maximum atomic E-state index is 11.4. The molecule has 1 rings (SSSR count). The second-order valence-electron chi connectivity index (χ2n) is 5.58. The summed E-state index contributed by atoms with van der Waals surface area (Å²) in [5.74, 6) is -0.205. The normalized spacial score (nSPS) is 19.6. The Morgan fingerprint density at radius 1 is 1.33 bits per heavy atom. The third-order valence-electron chi connectivity index (χ3n) is 3.93. The topological polar surface area (TPSA) is 38.3 Å². The van der Waals surface area contributed by atoms with Gasteiger partial charge in [-0.1, -0.05) is 39.2 Å². The molecule has 1 aliphatic carbocycles. The zero-order valence-corrected chi connectivity index (χ0v) is 12.1. The largest absolute Gasteiger partial charge is 0.466 e. The quantitative estimate of drug-likeness (QED) is 0.449. The standard InChI is InChI=1S/C15H27NO2/c1-4-13(14(17)18-3)8-11-16-12-15(2)9-6-5-7-10-15/h8,16H,4-7,9-12H2,1-3H3. The molecule has 0 aliphatic heterocycles. The molecule has 0 atom stereocenters. The Bertz CT molecular complexity index is 291. The van der Waals surface area contributed by atoms with Crippen molar-refractivity contribution < 1.29 is 9.53 Å². The third kappa shape index (κ3) is 4.81. The summed E-state index contributed by atoms with van der Waals surface area (Å²) in [6, 6.07) is 0. The van der Waals surface area contributed by atoms with Crippen LogP contribution in [0.15, 0.2) is 11.6 Å². The minimum atomic E-state index is -0.205. The average molecular weight is 253 g/mol. The Balaban J connectivity index is 2.32. The molecule has 0 radical (unpaired) electrons. The van der Waals surface area contributed by atoms with Crippen LogP contribution in [0.5, 0.6) is 0 Å². The lowest BCUT2D eigenvalue weighted by Crippen LogP contribution is -2.33. The average Bonchev–Trinajstić information content (AvgIpc) is 2.39. The fourth-order valence-corrected chi connectivity index (χ4v) is 2.65. The van der Waals surface area contributed by atoms with E-state index in [2.05, 4.69) is 12.2 Å². The van der Waals surface area contributed by atoms with Gasteiger partial charge in [-0.2, -0.15) is 0 Å². The molecule has 1 N–H and O–H groups in total. The van der Waals surface area contributed by atoms with Gasteiger partial charge in [0.05, 0.1) is 7.11 Å². The summed E-state index contributed by atoms with van der Waals surface area (Å²) in [6.07, 6.45) is 9.43. The number of carbonyl (C=O) groups excluding carboxylic acids is 1. The highest BCUT2D eigenvalue weighted by Crippen LogP contribution is 2.34. The van der Waals surface area contributed by atoms with Crippen molar-refractivity contribution in [3.63, 3.8) is 0 Å². The Labute approximate surface area is 111 Å². The first-order valence-electron chi connectivity index (χ1n) is 7.09. The van der Waals surface area contributed by atoms with Crippen LogP contribution in [-0.4, -0.2) is 26.2 Å². The van der Waals surface area contributed by atoms with Crippen molar-refractivity contribution in [2.24, 2.45) is 5.41 Å². The van der Waals surface area contributed by atoms with E-state index >= 15 is 0 Å². The molecule has 0 amide bonds. The van der Waals surface area contributed by atoms with E-state index < -0.39 is 0 Å². The van der Waals surface area contributed by atoms with Gasteiger partial charge < -0.3 is 10.1 Å². The zero-order chi connectivity index (χ0) is 13.4. The van der Waals surface area contributed by atoms with Gasteiger partial charge in [0.1, 0.15) is 0 Å². The van der Waals surface area contributed by atoms with Gasteiger partial charge in [0.15, 0.2) is 0 Å². The SMILES string of the molecule is CCC(=CCNCC1(C)CCCCC1)C(=O)OC. The van der Waals surface area contributed by atoms with Crippen LogP contribution in [-0.2, 0) is 9.53 Å². The molecule has 3 nitrogen and oxygen atoms in total. The number of hydrogen-bond acceptors (Lipinski definition) is 3. The van der Waals surface area contributed by atoms with Gasteiger partial charge in [-0.3, -0.25) is 0 Å². The van der Waals surface area contributed by atoms with Crippen molar-refractivity contribution in [1.29, 1.82) is 0 Å². The van der Waals surface area contributed by atoms with Crippen LogP contribution in [0.2, 0.25) is 0 Å². The number of methoxy groups -OCH3 is 1. The summed E-state index contributed by atoms with van der Waals surface area (Å²) in [5, 5.41) is 3.46. The molecule has 3 heteroatoms. The van der Waals surface area contributed by atoms with Crippen LogP contribution in [0.4, 0.5) is 0 Å². The highest BCUT2D eigenvalue weighted by molar-refractivity contribution is 5.88. The monoisotopic (exact) mass is 253 g/mol. The van der Waals surface area contributed by atoms with Gasteiger partial charge in [0.2, 0.25) is 0 Å². The molecule has 0 aromatic rings. The first-order valence-corrected chi connectivity index (χ1v) is 7.09. The lowest BCUT2D eigenvalue weighted by Gasteiger charge is -2.33. The van der Waals surface area contributed by atoms with E-state index in [1.807, 2.05) is 13.0 Å². The Hall–Kier alpha value is -0.830. The van der Waals surface area contributed by atoms with Crippen molar-refractivity contribution >= 4 is 5.97 Å². The zero-order valence-electron chi connectivity index (χ0n) is 12.1. The fourth-order valence-electron chi connectivity index (χ4n) is 2.65. The van der Waals surface area contributed by atoms with Gasteiger partial charge in [-0.05, 0) is 24.7 Å². The van der Waals surface area contributed by atoms with Gasteiger partial charge in [-0.15, -0.1) is 0 Å². The molecule has 0 spiro atoms. The molecule has 1 fully saturated rings. The van der Waals surface area contributed by atoms with Gasteiger partial charge >= 0.3 is 5.97 Å². The molecule has 1 saturated carbocycles. The second-order valence-corrected chi connectivity index (χ2v) is 5.58. The smallest absolute Gasteiger partial charge is 0.333 e. The molecule has 0 saturated heterocycles. The second kappa shape index (κ2) is 7.57. The van der Waals surface area contributed by atoms with Crippen molar-refractivity contribution in [2.45, 2.75) is 52.4 Å². The number of nitrogens with one attached hydrogen (secondary N) is 1. The lowest BCUT2D eigenvalue weighted by atomic mass is 9.76. The molecule has 104 valence electrons. The number of carbonyl (C=O) groups is 1. The van der Waals surface area contributed by atoms with Gasteiger partial charge in [0, 0.05) is 18.7 Å². The molecule has 0 aromatic heterocycles. The van der Waals surface area contributed by atoms with E-state index in [0.29, 0.717) is 5.41 Å². The van der Waals surface area contributed by atoms with Gasteiger partial charge in [-0.25, -0.2) is 4.79 Å². The molecule has 0 aromatic carbocycles. The minimum absolute atomic E-state index is 0.205. The number of esters is 1. The van der Waals surface area contributed by atoms with Crippen molar-refractivity contribution in [3.8, 4) is 0 Å². The highest BCUT2D eigenvalue weighted by Gasteiger charge is 2.25. The fraction of sp³-hybridized carbons (Fsp3) is 0.800. The Morgan fingerprint density at radius 3 is 2.56 bits per heavy atom. The number of hydrogen-bond donors (Lipinski definition) is 1. The van der Waals surface area contributed by atoms with E-state index in [-0.39, 0.29) is 5.97 Å². The van der Waals surface area contributed by atoms with E-state index in [1.54, 1.807) is 0 Å². The summed E-state index contributed by atoms with van der Waals surface area (Å²) >= 11 is 0. The summed E-state index contributed by atoms with van der Waals surface area (Å²) in [4.78, 5) is 11.4. The van der Waals surface area contributed by atoms with E-state index in [1.165, 1.54) is 39.2 Å². The molecule has 18 heavy (non-hydrogen) atoms. The van der Waals surface area contributed by atoms with Crippen LogP contribution >= 0.6 is 0 Å². The lowest BCUT2D eigenvalue weighted by molar-refractivity contribution is -0.136. The number of ether oxygens (including phenoxy) is 1. The molecule has 0 bridgehead atoms. The summed E-state index contributed by atoms with van der Waals surface area (Å²) in [7, 11) is 1.43. The predicted octanol–water partition coefficient (Wildman–Crippen LogP) is 3.06. The van der Waals surface area contributed by atoms with Crippen molar-refractivity contribution in [3.05, 3.63) is 11.6 Å². The summed E-state index contributed by atoms with van der Waals surface area (Å²) < 4.78 is 4.74. The molecular weight excluding hydrogens is 226 g/mol. The van der Waals surface area contributed by atoms with Crippen LogP contribution in [0, 0.1) is 5.41 Å². The van der Waals surface area contributed by atoms with E-state index in [4.69, 9.17) is 4.74 Å². The molecule has 0 unspecified atom stereocenters. The summed E-state index contributed by atoms with van der Waals surface area (Å²) in [6.45, 7) is 6.14. The van der Waals surface area contributed by atoms with E-state index in [9.17, 15) is 4.79 Å². The Morgan fingerprint density at radius 2 is 2.00 bits per heavy atom. The molecule has 1 aliphatic rings. The van der Waals surface area contributed by atoms with E-state index in [0.717, 1.165) is 25.1 Å². The first-order chi connectivity index (χ1) is 8.61. The maximum Gasteiger partial charge on any atom is 0.333 e. The van der Waals surface area contributed by atoms with Crippen molar-refractivity contribution in [1.82, 2.24) is 5.32 Å². The minimum Gasteiger partial charge on any atom is -0.466 e. The van der Waals surface area contributed by atoms with Crippen LogP contribution in [0.1, 0.15) is 52.4 Å². The van der Waals surface area contributed by atoms with Crippen molar-refractivity contribution in [2.75, 3.05) is 20.2 Å². The summed E-state index contributed by atoms with van der Waals surface area (Å²) in [5.41, 5.74) is 1.21. The van der Waals surface area contributed by atoms with Gasteiger partial charge in [0.25, 0.3) is 0 Å².